The number of amides is 1. The van der Waals surface area contributed by atoms with E-state index in [2.05, 4.69) is 42.7 Å². The molecule has 0 bridgehead atoms. The van der Waals surface area contributed by atoms with Crippen LogP contribution < -0.4 is 20.1 Å². The Balaban J connectivity index is 1.40. The van der Waals surface area contributed by atoms with Crippen molar-refractivity contribution in [2.45, 2.75) is 26.6 Å². The first-order valence-corrected chi connectivity index (χ1v) is 9.66. The number of nitrogens with zero attached hydrogens (tertiary/aromatic N) is 2. The normalized spacial score (nSPS) is 17.2. The Kier molecular flexibility index (Phi) is 4.24. The lowest BCUT2D eigenvalue weighted by atomic mass is 10.0. The second-order valence-electron chi connectivity index (χ2n) is 7.47. The van der Waals surface area contributed by atoms with Crippen LogP contribution in [0.1, 0.15) is 33.3 Å². The van der Waals surface area contributed by atoms with Gasteiger partial charge in [-0.1, -0.05) is 29.8 Å². The first-order chi connectivity index (χ1) is 14.1. The quantitative estimate of drug-likeness (QED) is 0.716. The number of fused-ring (bicyclic) bond motifs is 2. The maximum Gasteiger partial charge on any atom is 0.269 e. The minimum Gasteiger partial charge on any atom is -0.454 e. The first kappa shape index (κ1) is 17.8. The molecule has 29 heavy (non-hydrogen) atoms. The van der Waals surface area contributed by atoms with Crippen LogP contribution >= 0.6 is 0 Å². The molecule has 0 fully saturated rings. The first-order valence-electron chi connectivity index (χ1n) is 9.66. The average Bonchev–Trinajstić information content (AvgIpc) is 3.34. The fourth-order valence-corrected chi connectivity index (χ4v) is 3.85. The van der Waals surface area contributed by atoms with E-state index >= 15 is 0 Å². The molecule has 7 heteroatoms. The molecule has 0 saturated carbocycles. The third kappa shape index (κ3) is 3.23. The highest BCUT2D eigenvalue weighted by Gasteiger charge is 2.27. The molecule has 1 atom stereocenters. The van der Waals surface area contributed by atoms with Crippen molar-refractivity contribution in [2.75, 3.05) is 13.3 Å². The van der Waals surface area contributed by atoms with Crippen LogP contribution in [0.3, 0.4) is 0 Å². The molecule has 3 aromatic rings. The van der Waals surface area contributed by atoms with E-state index in [4.69, 9.17) is 14.6 Å². The molecule has 3 heterocycles. The van der Waals surface area contributed by atoms with Gasteiger partial charge in [-0.3, -0.25) is 10.1 Å². The maximum atomic E-state index is 12.4. The van der Waals surface area contributed by atoms with Crippen molar-refractivity contribution in [1.82, 2.24) is 20.4 Å². The molecule has 0 aliphatic carbocycles. The van der Waals surface area contributed by atoms with Gasteiger partial charge in [0.05, 0.1) is 12.2 Å². The molecule has 2 aliphatic heterocycles. The Bertz CT molecular complexity index is 1110. The van der Waals surface area contributed by atoms with E-state index in [-0.39, 0.29) is 18.9 Å². The van der Waals surface area contributed by atoms with E-state index in [0.717, 1.165) is 33.9 Å². The number of carbonyl (C=O) groups is 1. The van der Waals surface area contributed by atoms with Crippen molar-refractivity contribution in [3.05, 3.63) is 64.8 Å². The number of nitrogens with one attached hydrogen (secondary N) is 2. The summed E-state index contributed by atoms with van der Waals surface area (Å²) in [7, 11) is 0. The van der Waals surface area contributed by atoms with Crippen LogP contribution in [0.5, 0.6) is 11.5 Å². The second kappa shape index (κ2) is 6.93. The fraction of sp³-hybridized carbons (Fsp3) is 0.273. The Morgan fingerprint density at radius 3 is 2.86 bits per heavy atom. The molecule has 1 aromatic heterocycles. The minimum atomic E-state index is -0.132. The number of hydrogen-bond donors (Lipinski definition) is 2. The number of hydrogen-bond acceptors (Lipinski definition) is 5. The summed E-state index contributed by atoms with van der Waals surface area (Å²) >= 11 is 0. The standard InChI is InChI=1S/C22H22N4O3/c1-13-3-5-16(14(2)7-13)17-9-18-22(27)24-11-21(26(18)25-17)23-10-15-4-6-19-20(8-15)29-12-28-19/h3-9,21,23H,10-12H2,1-2H3,(H,24,27). The van der Waals surface area contributed by atoms with Crippen LogP contribution in [0.15, 0.2) is 42.5 Å². The third-order valence-corrected chi connectivity index (χ3v) is 5.36. The predicted molar refractivity (Wildman–Crippen MR) is 108 cm³/mol. The molecule has 0 radical (unpaired) electrons. The highest BCUT2D eigenvalue weighted by Crippen LogP contribution is 2.32. The molecule has 2 N–H and O–H groups in total. The number of aryl methyl sites for hydroxylation is 2. The van der Waals surface area contributed by atoms with Gasteiger partial charge in [0.15, 0.2) is 11.5 Å². The van der Waals surface area contributed by atoms with Crippen molar-refractivity contribution < 1.29 is 14.3 Å². The summed E-state index contributed by atoms with van der Waals surface area (Å²) in [5, 5.41) is 11.2. The summed E-state index contributed by atoms with van der Waals surface area (Å²) in [5.74, 6) is 1.43. The van der Waals surface area contributed by atoms with Crippen molar-refractivity contribution >= 4 is 5.91 Å². The van der Waals surface area contributed by atoms with E-state index in [1.165, 1.54) is 5.56 Å². The predicted octanol–water partition coefficient (Wildman–Crippen LogP) is 2.93. The van der Waals surface area contributed by atoms with E-state index in [1.54, 1.807) is 4.68 Å². The fourth-order valence-electron chi connectivity index (χ4n) is 3.85. The summed E-state index contributed by atoms with van der Waals surface area (Å²) in [4.78, 5) is 12.4. The van der Waals surface area contributed by atoms with E-state index in [1.807, 2.05) is 24.3 Å². The number of benzene rings is 2. The Morgan fingerprint density at radius 2 is 2.00 bits per heavy atom. The molecule has 5 rings (SSSR count). The molecule has 2 aliphatic rings. The molecule has 148 valence electrons. The van der Waals surface area contributed by atoms with Crippen LogP contribution in [-0.4, -0.2) is 29.0 Å². The summed E-state index contributed by atoms with van der Waals surface area (Å²) in [6.07, 6.45) is -0.132. The van der Waals surface area contributed by atoms with Gasteiger partial charge in [0.25, 0.3) is 5.91 Å². The van der Waals surface area contributed by atoms with Crippen LogP contribution in [0, 0.1) is 13.8 Å². The summed E-state index contributed by atoms with van der Waals surface area (Å²) in [6, 6.07) is 14.0. The van der Waals surface area contributed by atoms with Gasteiger partial charge in [-0.15, -0.1) is 0 Å². The molecule has 1 unspecified atom stereocenters. The van der Waals surface area contributed by atoms with Crippen LogP contribution in [0.2, 0.25) is 0 Å². The highest BCUT2D eigenvalue weighted by molar-refractivity contribution is 5.94. The lowest BCUT2D eigenvalue weighted by Crippen LogP contribution is -2.45. The SMILES string of the molecule is Cc1ccc(-c2cc3n(n2)C(NCc2ccc4c(c2)OCO4)CNC3=O)c(C)c1. The van der Waals surface area contributed by atoms with Gasteiger partial charge in [-0.2, -0.15) is 5.10 Å². The van der Waals surface area contributed by atoms with Crippen LogP contribution in [0.25, 0.3) is 11.3 Å². The molecular weight excluding hydrogens is 368 g/mol. The van der Waals surface area contributed by atoms with Crippen molar-refractivity contribution in [1.29, 1.82) is 0 Å². The van der Waals surface area contributed by atoms with E-state index in [0.29, 0.717) is 18.8 Å². The Labute approximate surface area is 168 Å². The number of carbonyl (C=O) groups excluding carboxylic acids is 1. The van der Waals surface area contributed by atoms with Gasteiger partial charge in [-0.05, 0) is 43.2 Å². The van der Waals surface area contributed by atoms with Crippen molar-refractivity contribution in [3.8, 4) is 22.8 Å². The highest BCUT2D eigenvalue weighted by atomic mass is 16.7. The molecule has 0 spiro atoms. The number of aromatic nitrogens is 2. The zero-order valence-corrected chi connectivity index (χ0v) is 16.4. The van der Waals surface area contributed by atoms with Crippen LogP contribution in [0.4, 0.5) is 0 Å². The Hall–Kier alpha value is -3.32. The number of ether oxygens (including phenoxy) is 2. The lowest BCUT2D eigenvalue weighted by molar-refractivity contribution is 0.0900. The minimum absolute atomic E-state index is 0.102. The van der Waals surface area contributed by atoms with Gasteiger partial charge in [0, 0.05) is 12.1 Å². The molecule has 1 amide bonds. The monoisotopic (exact) mass is 390 g/mol. The summed E-state index contributed by atoms with van der Waals surface area (Å²) in [6.45, 7) is 5.49. The summed E-state index contributed by atoms with van der Waals surface area (Å²) < 4.78 is 12.6. The maximum absolute atomic E-state index is 12.4. The van der Waals surface area contributed by atoms with Gasteiger partial charge >= 0.3 is 0 Å². The zero-order valence-electron chi connectivity index (χ0n) is 16.4. The van der Waals surface area contributed by atoms with Gasteiger partial charge < -0.3 is 14.8 Å². The smallest absolute Gasteiger partial charge is 0.269 e. The summed E-state index contributed by atoms with van der Waals surface area (Å²) in [5.41, 5.74) is 5.84. The largest absolute Gasteiger partial charge is 0.454 e. The third-order valence-electron chi connectivity index (χ3n) is 5.36. The van der Waals surface area contributed by atoms with Crippen molar-refractivity contribution in [3.63, 3.8) is 0 Å². The average molecular weight is 390 g/mol. The molecule has 0 saturated heterocycles. The van der Waals surface area contributed by atoms with E-state index < -0.39 is 0 Å². The zero-order chi connectivity index (χ0) is 20.0. The topological polar surface area (TPSA) is 77.4 Å². The lowest BCUT2D eigenvalue weighted by Gasteiger charge is -2.25. The molecular formula is C22H22N4O3. The second-order valence-corrected chi connectivity index (χ2v) is 7.47. The van der Waals surface area contributed by atoms with Crippen LogP contribution in [-0.2, 0) is 6.54 Å². The molecule has 2 aromatic carbocycles. The van der Waals surface area contributed by atoms with Gasteiger partial charge in [-0.25, -0.2) is 4.68 Å². The van der Waals surface area contributed by atoms with Gasteiger partial charge in [0.1, 0.15) is 11.9 Å². The van der Waals surface area contributed by atoms with Gasteiger partial charge in [0.2, 0.25) is 6.79 Å². The van der Waals surface area contributed by atoms with Crippen molar-refractivity contribution in [2.24, 2.45) is 0 Å². The molecule has 7 nitrogen and oxygen atoms in total. The van der Waals surface area contributed by atoms with E-state index in [9.17, 15) is 4.79 Å². The Morgan fingerprint density at radius 1 is 1.14 bits per heavy atom. The number of rotatable bonds is 4.